The zero-order valence-electron chi connectivity index (χ0n) is 18.5. The van der Waals surface area contributed by atoms with E-state index in [4.69, 9.17) is 9.47 Å². The van der Waals surface area contributed by atoms with Gasteiger partial charge in [0.1, 0.15) is 23.9 Å². The molecule has 5 rings (SSSR count). The lowest BCUT2D eigenvalue weighted by molar-refractivity contribution is -0.118. The van der Waals surface area contributed by atoms with Crippen LogP contribution in [0, 0.1) is 0 Å². The summed E-state index contributed by atoms with van der Waals surface area (Å²) in [7, 11) is 0. The number of ether oxygens (including phenoxy) is 2. The summed E-state index contributed by atoms with van der Waals surface area (Å²) in [5.74, 6) is 1.95. The van der Waals surface area contributed by atoms with Crippen molar-refractivity contribution in [2.24, 2.45) is 0 Å². The van der Waals surface area contributed by atoms with Crippen LogP contribution in [0.15, 0.2) is 72.8 Å². The number of hydrogen-bond donors (Lipinski definition) is 2. The van der Waals surface area contributed by atoms with Gasteiger partial charge in [-0.05, 0) is 48.7 Å². The van der Waals surface area contributed by atoms with E-state index >= 15 is 0 Å². The Morgan fingerprint density at radius 3 is 2.47 bits per heavy atom. The lowest BCUT2D eigenvalue weighted by Gasteiger charge is -2.13. The highest BCUT2D eigenvalue weighted by atomic mass is 32.2. The molecule has 0 spiro atoms. The van der Waals surface area contributed by atoms with Crippen molar-refractivity contribution in [3.63, 3.8) is 0 Å². The first-order valence-corrected chi connectivity index (χ1v) is 11.8. The highest BCUT2D eigenvalue weighted by Crippen LogP contribution is 2.27. The van der Waals surface area contributed by atoms with Crippen molar-refractivity contribution in [2.75, 3.05) is 0 Å². The normalized spacial score (nSPS) is 16.4. The molecule has 34 heavy (non-hydrogen) atoms. The number of thioether (sulfide) groups is 1. The fourth-order valence-corrected chi connectivity index (χ4v) is 4.60. The largest absolute Gasteiger partial charge is 0.489 e. The number of carbonyl (C=O) groups is 2. The lowest BCUT2D eigenvalue weighted by Crippen LogP contribution is -2.25. The Hall–Kier alpha value is -3.78. The molecule has 0 aliphatic carbocycles. The van der Waals surface area contributed by atoms with E-state index in [1.807, 2.05) is 79.7 Å². The van der Waals surface area contributed by atoms with Crippen molar-refractivity contribution >= 4 is 33.9 Å². The summed E-state index contributed by atoms with van der Waals surface area (Å²) >= 11 is 1.03. The van der Waals surface area contributed by atoms with E-state index in [0.717, 1.165) is 45.5 Å². The van der Waals surface area contributed by atoms with E-state index in [1.54, 1.807) is 0 Å². The summed E-state index contributed by atoms with van der Waals surface area (Å²) in [6.45, 7) is 2.44. The highest BCUT2D eigenvalue weighted by Gasteiger charge is 2.31. The molecular formula is C26H23N3O4S. The van der Waals surface area contributed by atoms with Crippen LogP contribution in [-0.4, -0.2) is 26.4 Å². The van der Waals surface area contributed by atoms with Crippen molar-refractivity contribution in [3.05, 3.63) is 89.7 Å². The monoisotopic (exact) mass is 473 g/mol. The van der Waals surface area contributed by atoms with Gasteiger partial charge in [-0.2, -0.15) is 0 Å². The molecule has 0 saturated carbocycles. The molecule has 7 nitrogen and oxygen atoms in total. The third kappa shape index (κ3) is 5.07. The number of aromatic nitrogens is 2. The standard InChI is InChI=1S/C26H23N3O4S/c1-16(33-19-9-7-17(8-10-19)13-23-25(30)29-26(31)34-23)24-27-21-12-11-20(14-22(21)28-24)32-15-18-5-3-2-4-6-18/h2-12,14,16,23H,13,15H2,1H3,(H,27,28)(H,29,30,31). The van der Waals surface area contributed by atoms with Crippen LogP contribution in [0.25, 0.3) is 11.0 Å². The minimum absolute atomic E-state index is 0.234. The van der Waals surface area contributed by atoms with Crippen molar-refractivity contribution in [3.8, 4) is 11.5 Å². The Balaban J connectivity index is 1.21. The van der Waals surface area contributed by atoms with Crippen molar-refractivity contribution < 1.29 is 19.1 Å². The summed E-state index contributed by atoms with van der Waals surface area (Å²) in [6, 6.07) is 23.4. The quantitative estimate of drug-likeness (QED) is 0.366. The summed E-state index contributed by atoms with van der Waals surface area (Å²) in [4.78, 5) is 31.1. The molecule has 1 saturated heterocycles. The van der Waals surface area contributed by atoms with E-state index < -0.39 is 0 Å². The number of rotatable bonds is 8. The van der Waals surface area contributed by atoms with Gasteiger partial charge in [0, 0.05) is 6.07 Å². The van der Waals surface area contributed by atoms with Crippen LogP contribution < -0.4 is 14.8 Å². The number of nitrogens with one attached hydrogen (secondary N) is 2. The molecule has 0 bridgehead atoms. The zero-order valence-corrected chi connectivity index (χ0v) is 19.3. The topological polar surface area (TPSA) is 93.3 Å². The minimum Gasteiger partial charge on any atom is -0.489 e. The number of imidazole rings is 1. The molecule has 2 N–H and O–H groups in total. The molecule has 1 fully saturated rings. The number of hydrogen-bond acceptors (Lipinski definition) is 6. The Morgan fingerprint density at radius 2 is 1.74 bits per heavy atom. The van der Waals surface area contributed by atoms with Crippen LogP contribution in [0.5, 0.6) is 11.5 Å². The average molecular weight is 474 g/mol. The molecule has 2 atom stereocenters. The van der Waals surface area contributed by atoms with E-state index in [2.05, 4.69) is 15.3 Å². The molecule has 2 heterocycles. The second-order valence-electron chi connectivity index (χ2n) is 8.07. The van der Waals surface area contributed by atoms with Crippen LogP contribution in [-0.2, 0) is 17.8 Å². The molecule has 1 aliphatic rings. The van der Waals surface area contributed by atoms with Gasteiger partial charge in [0.2, 0.25) is 5.91 Å². The maximum atomic E-state index is 11.8. The maximum Gasteiger partial charge on any atom is 0.286 e. The average Bonchev–Trinajstić information content (AvgIpc) is 3.41. The van der Waals surface area contributed by atoms with Crippen LogP contribution in [0.2, 0.25) is 0 Å². The first kappa shape index (κ1) is 22.0. The number of imide groups is 1. The summed E-state index contributed by atoms with van der Waals surface area (Å²) in [5, 5.41) is 1.65. The Morgan fingerprint density at radius 1 is 0.971 bits per heavy atom. The fraction of sp³-hybridized carbons (Fsp3) is 0.192. The summed E-state index contributed by atoms with van der Waals surface area (Å²) in [6.07, 6.45) is 0.205. The SMILES string of the molecule is CC(Oc1ccc(CC2SC(=O)NC2=O)cc1)c1nc2ccc(OCc3ccccc3)cc2[nH]1. The van der Waals surface area contributed by atoms with Gasteiger partial charge >= 0.3 is 0 Å². The molecule has 3 aromatic carbocycles. The predicted octanol–water partition coefficient (Wildman–Crippen LogP) is 5.18. The minimum atomic E-state index is -0.379. The predicted molar refractivity (Wildman–Crippen MR) is 131 cm³/mol. The molecular weight excluding hydrogens is 450 g/mol. The molecule has 4 aromatic rings. The molecule has 0 radical (unpaired) electrons. The molecule has 1 aromatic heterocycles. The number of carbonyl (C=O) groups excluding carboxylic acids is 2. The molecule has 2 amide bonds. The van der Waals surface area contributed by atoms with Crippen molar-refractivity contribution in [1.29, 1.82) is 0 Å². The van der Waals surface area contributed by atoms with E-state index in [1.165, 1.54) is 0 Å². The third-order valence-electron chi connectivity index (χ3n) is 5.53. The van der Waals surface area contributed by atoms with Crippen molar-refractivity contribution in [1.82, 2.24) is 15.3 Å². The van der Waals surface area contributed by atoms with E-state index in [0.29, 0.717) is 18.8 Å². The van der Waals surface area contributed by atoms with Gasteiger partial charge in [0.15, 0.2) is 6.10 Å². The van der Waals surface area contributed by atoms with Crippen LogP contribution in [0.4, 0.5) is 4.79 Å². The Bertz CT molecular complexity index is 1320. The first-order chi connectivity index (χ1) is 16.5. The van der Waals surface area contributed by atoms with E-state index in [-0.39, 0.29) is 22.5 Å². The Kier molecular flexibility index (Phi) is 6.22. The zero-order chi connectivity index (χ0) is 23.5. The lowest BCUT2D eigenvalue weighted by atomic mass is 10.1. The Labute approximate surface area is 200 Å². The molecule has 172 valence electrons. The highest BCUT2D eigenvalue weighted by molar-refractivity contribution is 8.15. The van der Waals surface area contributed by atoms with Crippen LogP contribution >= 0.6 is 11.8 Å². The van der Waals surface area contributed by atoms with Gasteiger partial charge in [-0.25, -0.2) is 4.98 Å². The van der Waals surface area contributed by atoms with Gasteiger partial charge in [-0.15, -0.1) is 0 Å². The second kappa shape index (κ2) is 9.61. The van der Waals surface area contributed by atoms with Gasteiger partial charge in [-0.1, -0.05) is 54.2 Å². The molecule has 2 unspecified atom stereocenters. The van der Waals surface area contributed by atoms with E-state index in [9.17, 15) is 9.59 Å². The van der Waals surface area contributed by atoms with Gasteiger partial charge in [0.25, 0.3) is 5.24 Å². The van der Waals surface area contributed by atoms with Crippen LogP contribution in [0.1, 0.15) is 30.0 Å². The molecule has 8 heteroatoms. The number of fused-ring (bicyclic) bond motifs is 1. The van der Waals surface area contributed by atoms with Crippen LogP contribution in [0.3, 0.4) is 0 Å². The number of H-pyrrole nitrogens is 1. The second-order valence-corrected chi connectivity index (χ2v) is 9.24. The number of nitrogens with zero attached hydrogens (tertiary/aromatic N) is 1. The third-order valence-corrected chi connectivity index (χ3v) is 6.51. The fourth-order valence-electron chi connectivity index (χ4n) is 3.74. The summed E-state index contributed by atoms with van der Waals surface area (Å²) in [5.41, 5.74) is 3.80. The number of amides is 2. The first-order valence-electron chi connectivity index (χ1n) is 11.0. The van der Waals surface area contributed by atoms with Gasteiger partial charge < -0.3 is 14.5 Å². The van der Waals surface area contributed by atoms with Gasteiger partial charge in [0.05, 0.1) is 16.3 Å². The number of benzene rings is 3. The van der Waals surface area contributed by atoms with Crippen molar-refractivity contribution in [2.45, 2.75) is 31.3 Å². The number of aromatic amines is 1. The van der Waals surface area contributed by atoms with Gasteiger partial charge in [-0.3, -0.25) is 14.9 Å². The maximum absolute atomic E-state index is 11.8. The molecule has 1 aliphatic heterocycles. The summed E-state index contributed by atoms with van der Waals surface area (Å²) < 4.78 is 12.0. The smallest absolute Gasteiger partial charge is 0.286 e.